The van der Waals surface area contributed by atoms with Crippen LogP contribution in [0.1, 0.15) is 54.9 Å². The fourth-order valence-electron chi connectivity index (χ4n) is 2.01. The summed E-state index contributed by atoms with van der Waals surface area (Å²) in [5.74, 6) is 5.57. The summed E-state index contributed by atoms with van der Waals surface area (Å²) in [6.45, 7) is 17.1. The van der Waals surface area contributed by atoms with Gasteiger partial charge in [0.05, 0.1) is 0 Å². The summed E-state index contributed by atoms with van der Waals surface area (Å²) in [4.78, 5) is 0. The average Bonchev–Trinajstić information content (AvgIpc) is 2.17. The molecular weight excluding hydrogens is 179 g/mol. The Morgan fingerprint density at radius 1 is 0.867 bits per heavy atom. The molecule has 0 aromatic rings. The minimum atomic E-state index is 0.741. The summed E-state index contributed by atoms with van der Waals surface area (Å²) in [5, 5.41) is 0. The smallest absolute Gasteiger partial charge is 0.118 e. The van der Waals surface area contributed by atoms with Crippen molar-refractivity contribution < 1.29 is 0 Å². The third-order valence-electron chi connectivity index (χ3n) is 3.91. The Kier molecular flexibility index (Phi) is 7.05. The third kappa shape index (κ3) is 4.90. The highest BCUT2D eigenvalue weighted by atomic mass is 14.1. The van der Waals surface area contributed by atoms with Crippen LogP contribution in [0, 0.1) is 11.8 Å². The number of hydrogen-bond donors (Lipinski definition) is 0. The summed E-state index contributed by atoms with van der Waals surface area (Å²) >= 11 is 0. The van der Waals surface area contributed by atoms with Gasteiger partial charge in [0, 0.05) is 0 Å². The maximum Gasteiger partial charge on any atom is 0.172 e. The van der Waals surface area contributed by atoms with Crippen molar-refractivity contribution in [3.63, 3.8) is 0 Å². The van der Waals surface area contributed by atoms with E-state index in [4.69, 9.17) is 0 Å². The molecular formula is C14H29B. The molecule has 0 aliphatic carbocycles. The van der Waals surface area contributed by atoms with E-state index in [0.717, 1.165) is 36.6 Å². The van der Waals surface area contributed by atoms with Gasteiger partial charge in [-0.15, -0.1) is 5.98 Å². The molecule has 0 bridgehead atoms. The highest BCUT2D eigenvalue weighted by Gasteiger charge is 2.28. The van der Waals surface area contributed by atoms with E-state index in [2.05, 4.69) is 60.5 Å². The summed E-state index contributed by atoms with van der Waals surface area (Å²) in [5.41, 5.74) is 0. The molecule has 0 rings (SSSR count). The van der Waals surface area contributed by atoms with Gasteiger partial charge in [-0.2, -0.15) is 0 Å². The molecule has 88 valence electrons. The van der Waals surface area contributed by atoms with Gasteiger partial charge in [-0.3, -0.25) is 0 Å². The molecule has 0 aliphatic heterocycles. The molecule has 0 aromatic carbocycles. The number of hydrogen-bond acceptors (Lipinski definition) is 0. The van der Waals surface area contributed by atoms with Gasteiger partial charge in [0.1, 0.15) is 0 Å². The predicted molar refractivity (Wildman–Crippen MR) is 73.7 cm³/mol. The second-order valence-corrected chi connectivity index (χ2v) is 5.62. The van der Waals surface area contributed by atoms with E-state index in [1.165, 1.54) is 0 Å². The maximum atomic E-state index is 2.45. The van der Waals surface area contributed by atoms with Gasteiger partial charge in [0.15, 0.2) is 6.71 Å². The van der Waals surface area contributed by atoms with Crippen LogP contribution in [0.25, 0.3) is 0 Å². The summed E-state index contributed by atoms with van der Waals surface area (Å²) in [6.07, 6.45) is 3.49. The van der Waals surface area contributed by atoms with Gasteiger partial charge in [-0.25, -0.2) is 0 Å². The minimum Gasteiger partial charge on any atom is -0.118 e. The van der Waals surface area contributed by atoms with Crippen molar-refractivity contribution in [2.24, 2.45) is 11.8 Å². The first-order valence-corrected chi connectivity index (χ1v) is 6.58. The van der Waals surface area contributed by atoms with Crippen molar-refractivity contribution >= 4 is 6.71 Å². The molecule has 2 atom stereocenters. The Morgan fingerprint density at radius 2 is 1.27 bits per heavy atom. The molecule has 1 heteroatoms. The van der Waals surface area contributed by atoms with E-state index >= 15 is 0 Å². The molecule has 15 heavy (non-hydrogen) atoms. The van der Waals surface area contributed by atoms with Crippen molar-refractivity contribution in [1.82, 2.24) is 0 Å². The van der Waals surface area contributed by atoms with Gasteiger partial charge >= 0.3 is 0 Å². The molecule has 0 amide bonds. The molecule has 0 saturated carbocycles. The Hall–Kier alpha value is -0.195. The van der Waals surface area contributed by atoms with Crippen LogP contribution < -0.4 is 0 Å². The van der Waals surface area contributed by atoms with Gasteiger partial charge in [0.25, 0.3) is 0 Å². The largest absolute Gasteiger partial charge is 0.172 e. The first-order chi connectivity index (χ1) is 6.91. The van der Waals surface area contributed by atoms with Crippen LogP contribution in [0.3, 0.4) is 0 Å². The molecule has 0 aliphatic rings. The maximum absolute atomic E-state index is 2.45. The predicted octanol–water partition coefficient (Wildman–Crippen LogP) is 5.08. The number of rotatable bonds is 6. The van der Waals surface area contributed by atoms with Crippen LogP contribution in [0.5, 0.6) is 0 Å². The van der Waals surface area contributed by atoms with E-state index in [9.17, 15) is 0 Å². The molecule has 0 radical (unpaired) electrons. The molecule has 0 saturated heterocycles. The van der Waals surface area contributed by atoms with Gasteiger partial charge in [-0.05, 0) is 6.42 Å². The second kappa shape index (κ2) is 7.14. The van der Waals surface area contributed by atoms with E-state index in [-0.39, 0.29) is 0 Å². The highest BCUT2D eigenvalue weighted by molar-refractivity contribution is 6.67. The molecule has 0 heterocycles. The van der Waals surface area contributed by atoms with E-state index in [1.54, 1.807) is 0 Å². The Labute approximate surface area is 97.6 Å². The zero-order valence-corrected chi connectivity index (χ0v) is 11.7. The second-order valence-electron chi connectivity index (χ2n) is 5.62. The Bertz CT molecular complexity index is 168. The van der Waals surface area contributed by atoms with E-state index in [1.807, 2.05) is 0 Å². The number of allylic oxidation sites excluding steroid dienone is 1. The van der Waals surface area contributed by atoms with Crippen LogP contribution in [0.15, 0.2) is 12.1 Å². The lowest BCUT2D eigenvalue weighted by Crippen LogP contribution is -2.28. The normalized spacial score (nSPS) is 16.3. The van der Waals surface area contributed by atoms with Crippen LogP contribution in [-0.4, -0.2) is 6.71 Å². The van der Waals surface area contributed by atoms with Crippen LogP contribution in [0.4, 0.5) is 0 Å². The van der Waals surface area contributed by atoms with E-state index in [0.29, 0.717) is 0 Å². The molecule has 0 spiro atoms. The lowest BCUT2D eigenvalue weighted by atomic mass is 9.31. The first kappa shape index (κ1) is 14.8. The highest BCUT2D eigenvalue weighted by Crippen LogP contribution is 2.33. The van der Waals surface area contributed by atoms with Crippen molar-refractivity contribution in [3.8, 4) is 0 Å². The summed E-state index contributed by atoms with van der Waals surface area (Å²) in [6, 6.07) is 0. The zero-order valence-electron chi connectivity index (χ0n) is 11.7. The lowest BCUT2D eigenvalue weighted by molar-refractivity contribution is 0.566. The SMILES string of the molecule is CC/C=C/B(C(C)C(C)C)C(C)C(C)C. The van der Waals surface area contributed by atoms with Crippen molar-refractivity contribution in [2.45, 2.75) is 66.5 Å². The molecule has 2 unspecified atom stereocenters. The molecule has 0 aromatic heterocycles. The third-order valence-corrected chi connectivity index (χ3v) is 3.91. The van der Waals surface area contributed by atoms with Gasteiger partial charge in [-0.1, -0.05) is 78.0 Å². The van der Waals surface area contributed by atoms with Crippen LogP contribution in [-0.2, 0) is 0 Å². The zero-order chi connectivity index (χ0) is 12.0. The van der Waals surface area contributed by atoms with E-state index < -0.39 is 0 Å². The van der Waals surface area contributed by atoms with Gasteiger partial charge in [0.2, 0.25) is 0 Å². The van der Waals surface area contributed by atoms with Crippen molar-refractivity contribution in [3.05, 3.63) is 12.1 Å². The minimum absolute atomic E-state index is 0.741. The van der Waals surface area contributed by atoms with Crippen LogP contribution in [0.2, 0.25) is 11.6 Å². The van der Waals surface area contributed by atoms with Crippen molar-refractivity contribution in [2.75, 3.05) is 0 Å². The fraction of sp³-hybridized carbons (Fsp3) is 0.857. The molecule has 0 N–H and O–H groups in total. The molecule has 0 fully saturated rings. The topological polar surface area (TPSA) is 0 Å². The Morgan fingerprint density at radius 3 is 1.53 bits per heavy atom. The average molecular weight is 208 g/mol. The molecule has 0 nitrogen and oxygen atoms in total. The quantitative estimate of drug-likeness (QED) is 0.534. The fourth-order valence-corrected chi connectivity index (χ4v) is 2.01. The monoisotopic (exact) mass is 208 g/mol. The van der Waals surface area contributed by atoms with Crippen LogP contribution >= 0.6 is 0 Å². The summed E-state index contributed by atoms with van der Waals surface area (Å²) in [7, 11) is 0. The summed E-state index contributed by atoms with van der Waals surface area (Å²) < 4.78 is 0. The van der Waals surface area contributed by atoms with Crippen molar-refractivity contribution in [1.29, 1.82) is 0 Å². The van der Waals surface area contributed by atoms with Gasteiger partial charge < -0.3 is 0 Å². The standard InChI is InChI=1S/C14H29B/c1-8-9-10-15(13(6)11(2)3)14(7)12(4)5/h9-14H,8H2,1-7H3/b10-9+. The first-order valence-electron chi connectivity index (χ1n) is 6.58. The lowest BCUT2D eigenvalue weighted by Gasteiger charge is -2.29. The Balaban J connectivity index is 4.64.